The lowest BCUT2D eigenvalue weighted by atomic mass is 10.1. The number of nitro groups is 1. The van der Waals surface area contributed by atoms with Crippen molar-refractivity contribution in [3.8, 4) is 5.75 Å². The quantitative estimate of drug-likeness (QED) is 0.294. The van der Waals surface area contributed by atoms with E-state index >= 15 is 0 Å². The van der Waals surface area contributed by atoms with Gasteiger partial charge in [-0.2, -0.15) is 0 Å². The lowest BCUT2D eigenvalue weighted by Crippen LogP contribution is -2.14. The van der Waals surface area contributed by atoms with Gasteiger partial charge in [0.25, 0.3) is 0 Å². The first-order chi connectivity index (χ1) is 12.3. The fourth-order valence-electron chi connectivity index (χ4n) is 2.77. The minimum absolute atomic E-state index is 0.266. The van der Waals surface area contributed by atoms with Gasteiger partial charge in [-0.25, -0.2) is 4.39 Å². The summed E-state index contributed by atoms with van der Waals surface area (Å²) in [5.41, 5.74) is 1.82. The van der Waals surface area contributed by atoms with Crippen LogP contribution in [0.5, 0.6) is 5.75 Å². The van der Waals surface area contributed by atoms with Crippen LogP contribution >= 0.6 is 0 Å². The highest BCUT2D eigenvalue weighted by molar-refractivity contribution is 5.98. The normalized spacial score (nSPS) is 10.8. The number of ketones is 1. The summed E-state index contributed by atoms with van der Waals surface area (Å²) in [6.07, 6.45) is 0.812. The molecule has 140 valence electrons. The number of halogens is 1. The fraction of sp³-hybridized carbons (Fsp3) is 0.389. The molecule has 0 spiro atoms. The second-order valence-corrected chi connectivity index (χ2v) is 5.86. The van der Waals surface area contributed by atoms with Gasteiger partial charge in [0.15, 0.2) is 12.4 Å². The summed E-state index contributed by atoms with van der Waals surface area (Å²) in [6.45, 7) is 4.65. The second-order valence-electron chi connectivity index (χ2n) is 5.86. The third-order valence-electron chi connectivity index (χ3n) is 4.08. The van der Waals surface area contributed by atoms with Crippen molar-refractivity contribution in [2.24, 2.45) is 0 Å². The Morgan fingerprint density at radius 2 is 2.04 bits per heavy atom. The van der Waals surface area contributed by atoms with Crippen LogP contribution in [-0.4, -0.2) is 35.6 Å². The Labute approximate surface area is 150 Å². The molecule has 0 atom stereocenters. The number of hydrogen-bond acceptors (Lipinski definition) is 5. The van der Waals surface area contributed by atoms with Crippen LogP contribution < -0.4 is 4.74 Å². The second kappa shape index (κ2) is 8.57. The molecule has 2 rings (SSSR count). The molecule has 0 amide bonds. The van der Waals surface area contributed by atoms with Crippen LogP contribution in [0.3, 0.4) is 0 Å². The Kier molecular flexibility index (Phi) is 6.46. The summed E-state index contributed by atoms with van der Waals surface area (Å²) in [5, 5.41) is 11.0. The van der Waals surface area contributed by atoms with Crippen molar-refractivity contribution in [2.75, 3.05) is 20.3 Å². The number of carbonyl (C=O) groups excluding carboxylic acids is 1. The summed E-state index contributed by atoms with van der Waals surface area (Å²) in [7, 11) is 1.63. The van der Waals surface area contributed by atoms with Crippen LogP contribution in [0.2, 0.25) is 0 Å². The minimum atomic E-state index is -0.680. The van der Waals surface area contributed by atoms with Gasteiger partial charge in [-0.3, -0.25) is 14.9 Å². The topological polar surface area (TPSA) is 83.6 Å². The van der Waals surface area contributed by atoms with E-state index in [1.807, 2.05) is 18.4 Å². The molecule has 0 bridgehead atoms. The van der Waals surface area contributed by atoms with Gasteiger partial charge in [0.2, 0.25) is 5.78 Å². The SMILES string of the molecule is COCCCn1c(C)cc(C(=O)COc2cc(F)ccc2[N+](=O)[O-])c1C. The van der Waals surface area contributed by atoms with Gasteiger partial charge in [-0.05, 0) is 32.4 Å². The Balaban J connectivity index is 2.13. The Bertz CT molecular complexity index is 816. The summed E-state index contributed by atoms with van der Waals surface area (Å²) in [6, 6.07) is 4.64. The summed E-state index contributed by atoms with van der Waals surface area (Å²) in [4.78, 5) is 22.8. The van der Waals surface area contributed by atoms with Crippen molar-refractivity contribution in [2.45, 2.75) is 26.8 Å². The number of ether oxygens (including phenoxy) is 2. The number of rotatable bonds is 9. The number of benzene rings is 1. The third-order valence-corrected chi connectivity index (χ3v) is 4.08. The van der Waals surface area contributed by atoms with Gasteiger partial charge < -0.3 is 14.0 Å². The van der Waals surface area contributed by atoms with E-state index in [0.717, 1.165) is 42.6 Å². The number of Topliss-reactive ketones (excluding diaryl/α,β-unsaturated/α-hetero) is 1. The van der Waals surface area contributed by atoms with E-state index in [-0.39, 0.29) is 17.2 Å². The average Bonchev–Trinajstić information content (AvgIpc) is 2.87. The Hall–Kier alpha value is -2.74. The molecule has 0 radical (unpaired) electrons. The maximum absolute atomic E-state index is 13.3. The van der Waals surface area contributed by atoms with Gasteiger partial charge in [0.05, 0.1) is 4.92 Å². The van der Waals surface area contributed by atoms with Crippen LogP contribution in [-0.2, 0) is 11.3 Å². The van der Waals surface area contributed by atoms with Gasteiger partial charge in [-0.1, -0.05) is 0 Å². The molecule has 1 aromatic heterocycles. The van der Waals surface area contributed by atoms with Gasteiger partial charge in [0.1, 0.15) is 5.82 Å². The lowest BCUT2D eigenvalue weighted by Gasteiger charge is -2.10. The monoisotopic (exact) mass is 364 g/mol. The molecule has 0 aliphatic heterocycles. The van der Waals surface area contributed by atoms with Crippen molar-refractivity contribution in [1.82, 2.24) is 4.57 Å². The minimum Gasteiger partial charge on any atom is -0.478 e. The van der Waals surface area contributed by atoms with E-state index in [0.29, 0.717) is 12.2 Å². The third kappa shape index (κ3) is 4.45. The fourth-order valence-corrected chi connectivity index (χ4v) is 2.77. The first-order valence-electron chi connectivity index (χ1n) is 8.10. The smallest absolute Gasteiger partial charge is 0.311 e. The zero-order chi connectivity index (χ0) is 19.3. The first kappa shape index (κ1) is 19.6. The predicted octanol–water partition coefficient (Wildman–Crippen LogP) is 3.45. The maximum Gasteiger partial charge on any atom is 0.311 e. The number of carbonyl (C=O) groups is 1. The zero-order valence-electron chi connectivity index (χ0n) is 15.0. The van der Waals surface area contributed by atoms with E-state index in [1.165, 1.54) is 0 Å². The number of nitro benzene ring substituents is 1. The molecular formula is C18H21FN2O5. The zero-order valence-corrected chi connectivity index (χ0v) is 15.0. The highest BCUT2D eigenvalue weighted by atomic mass is 19.1. The van der Waals surface area contributed by atoms with Crippen LogP contribution in [0.25, 0.3) is 0 Å². The number of hydrogen-bond donors (Lipinski definition) is 0. The molecule has 0 saturated carbocycles. The van der Waals surface area contributed by atoms with Gasteiger partial charge >= 0.3 is 5.69 Å². The van der Waals surface area contributed by atoms with Crippen molar-refractivity contribution in [3.05, 3.63) is 57.1 Å². The van der Waals surface area contributed by atoms with Crippen LogP contribution in [0.1, 0.15) is 28.2 Å². The molecule has 0 unspecified atom stereocenters. The highest BCUT2D eigenvalue weighted by Crippen LogP contribution is 2.27. The molecule has 7 nitrogen and oxygen atoms in total. The molecule has 0 saturated heterocycles. The van der Waals surface area contributed by atoms with Crippen molar-refractivity contribution < 1.29 is 23.6 Å². The largest absolute Gasteiger partial charge is 0.478 e. The predicted molar refractivity (Wildman–Crippen MR) is 93.3 cm³/mol. The molecule has 26 heavy (non-hydrogen) atoms. The molecule has 2 aromatic rings. The maximum atomic E-state index is 13.3. The average molecular weight is 364 g/mol. The van der Waals surface area contributed by atoms with Gasteiger partial charge in [-0.15, -0.1) is 0 Å². The lowest BCUT2D eigenvalue weighted by molar-refractivity contribution is -0.385. The number of aromatic nitrogens is 1. The van der Waals surface area contributed by atoms with E-state index in [1.54, 1.807) is 13.2 Å². The molecule has 0 aliphatic carbocycles. The van der Waals surface area contributed by atoms with Crippen molar-refractivity contribution in [1.29, 1.82) is 0 Å². The Morgan fingerprint density at radius 3 is 2.69 bits per heavy atom. The summed E-state index contributed by atoms with van der Waals surface area (Å²) in [5.74, 6) is -1.26. The van der Waals surface area contributed by atoms with E-state index in [9.17, 15) is 19.3 Å². The molecule has 0 fully saturated rings. The summed E-state index contributed by atoms with van der Waals surface area (Å²) >= 11 is 0. The first-order valence-corrected chi connectivity index (χ1v) is 8.10. The van der Waals surface area contributed by atoms with Crippen LogP contribution in [0.4, 0.5) is 10.1 Å². The number of methoxy groups -OCH3 is 1. The van der Waals surface area contributed by atoms with Crippen LogP contribution in [0.15, 0.2) is 24.3 Å². The standard InChI is InChI=1S/C18H21FN2O5/c1-12-9-15(13(2)20(12)7-4-8-25-3)17(22)11-26-18-10-14(19)5-6-16(18)21(23)24/h5-6,9-10H,4,7-8,11H2,1-3H3. The van der Waals surface area contributed by atoms with E-state index in [2.05, 4.69) is 0 Å². The Morgan fingerprint density at radius 1 is 1.31 bits per heavy atom. The highest BCUT2D eigenvalue weighted by Gasteiger charge is 2.20. The van der Waals surface area contributed by atoms with E-state index in [4.69, 9.17) is 9.47 Å². The molecule has 0 aliphatic rings. The molecule has 8 heteroatoms. The number of nitrogens with zero attached hydrogens (tertiary/aromatic N) is 2. The van der Waals surface area contributed by atoms with Crippen molar-refractivity contribution in [3.63, 3.8) is 0 Å². The molecule has 1 aromatic carbocycles. The van der Waals surface area contributed by atoms with Gasteiger partial charge in [0, 0.05) is 49.3 Å². The van der Waals surface area contributed by atoms with Crippen LogP contribution in [0, 0.1) is 29.8 Å². The van der Waals surface area contributed by atoms with Crippen molar-refractivity contribution >= 4 is 11.5 Å². The molecule has 1 heterocycles. The van der Waals surface area contributed by atoms with E-state index < -0.39 is 17.3 Å². The molecule has 0 N–H and O–H groups in total. The molecular weight excluding hydrogens is 343 g/mol. The summed E-state index contributed by atoms with van der Waals surface area (Å²) < 4.78 is 25.6. The number of aryl methyl sites for hydroxylation is 1.